The third-order valence-corrected chi connectivity index (χ3v) is 3.54. The maximum absolute atomic E-state index is 12.7. The maximum Gasteiger partial charge on any atom is 0.338 e. The van der Waals surface area contributed by atoms with Gasteiger partial charge in [0.05, 0.1) is 12.2 Å². The van der Waals surface area contributed by atoms with E-state index in [4.69, 9.17) is 4.74 Å². The van der Waals surface area contributed by atoms with Gasteiger partial charge in [-0.15, -0.1) is 0 Å². The minimum absolute atomic E-state index is 0.0919. The quantitative estimate of drug-likeness (QED) is 0.749. The van der Waals surface area contributed by atoms with Crippen molar-refractivity contribution in [1.29, 1.82) is 0 Å². The van der Waals surface area contributed by atoms with Gasteiger partial charge < -0.3 is 9.64 Å². The first-order chi connectivity index (χ1) is 11.5. The molecule has 1 amide bonds. The summed E-state index contributed by atoms with van der Waals surface area (Å²) in [6.45, 7) is 6.86. The fourth-order valence-electron chi connectivity index (χ4n) is 2.28. The second-order valence-corrected chi connectivity index (χ2v) is 5.95. The minimum atomic E-state index is -0.363. The number of amides is 1. The fourth-order valence-corrected chi connectivity index (χ4v) is 2.28. The molecule has 0 atom stereocenters. The van der Waals surface area contributed by atoms with E-state index in [1.807, 2.05) is 51.1 Å². The van der Waals surface area contributed by atoms with Crippen LogP contribution in [0.4, 0.5) is 5.69 Å². The summed E-state index contributed by atoms with van der Waals surface area (Å²) in [4.78, 5) is 26.3. The van der Waals surface area contributed by atoms with Crippen molar-refractivity contribution in [3.05, 3.63) is 65.7 Å². The van der Waals surface area contributed by atoms with Crippen molar-refractivity contribution in [3.8, 4) is 0 Å². The number of hydrogen-bond acceptors (Lipinski definition) is 3. The van der Waals surface area contributed by atoms with Crippen molar-refractivity contribution < 1.29 is 14.3 Å². The molecule has 0 aliphatic heterocycles. The van der Waals surface area contributed by atoms with Gasteiger partial charge in [0.25, 0.3) is 5.91 Å². The van der Waals surface area contributed by atoms with E-state index < -0.39 is 0 Å². The Morgan fingerprint density at radius 1 is 0.958 bits per heavy atom. The summed E-state index contributed by atoms with van der Waals surface area (Å²) < 4.78 is 5.19. The molecule has 2 aromatic carbocycles. The highest BCUT2D eigenvalue weighted by Crippen LogP contribution is 2.17. The van der Waals surface area contributed by atoms with Crippen molar-refractivity contribution in [2.45, 2.75) is 20.8 Å². The van der Waals surface area contributed by atoms with Crippen molar-refractivity contribution in [2.24, 2.45) is 5.92 Å². The highest BCUT2D eigenvalue weighted by atomic mass is 16.5. The third-order valence-electron chi connectivity index (χ3n) is 3.54. The van der Waals surface area contributed by atoms with E-state index >= 15 is 0 Å². The van der Waals surface area contributed by atoms with Gasteiger partial charge in [0.2, 0.25) is 0 Å². The van der Waals surface area contributed by atoms with Crippen LogP contribution in [0.1, 0.15) is 41.5 Å². The zero-order chi connectivity index (χ0) is 17.5. The monoisotopic (exact) mass is 325 g/mol. The van der Waals surface area contributed by atoms with E-state index in [-0.39, 0.29) is 11.9 Å². The Balaban J connectivity index is 2.12. The summed E-state index contributed by atoms with van der Waals surface area (Å²) in [5, 5.41) is 0. The van der Waals surface area contributed by atoms with Crippen LogP contribution in [0.3, 0.4) is 0 Å². The molecule has 4 nitrogen and oxygen atoms in total. The van der Waals surface area contributed by atoms with Crippen molar-refractivity contribution in [3.63, 3.8) is 0 Å². The second-order valence-electron chi connectivity index (χ2n) is 5.95. The van der Waals surface area contributed by atoms with Crippen LogP contribution >= 0.6 is 0 Å². The topological polar surface area (TPSA) is 46.6 Å². The number of para-hydroxylation sites is 1. The Morgan fingerprint density at radius 3 is 2.08 bits per heavy atom. The Labute approximate surface area is 143 Å². The lowest BCUT2D eigenvalue weighted by molar-refractivity contribution is 0.0458. The number of anilines is 1. The van der Waals surface area contributed by atoms with Gasteiger partial charge in [0.15, 0.2) is 0 Å². The number of rotatable bonds is 6. The molecule has 0 saturated carbocycles. The third kappa shape index (κ3) is 4.44. The lowest BCUT2D eigenvalue weighted by Crippen LogP contribution is -2.30. The lowest BCUT2D eigenvalue weighted by atomic mass is 10.1. The van der Waals surface area contributed by atoms with Crippen molar-refractivity contribution in [2.75, 3.05) is 18.1 Å². The standard InChI is InChI=1S/C20H23NO3/c1-4-21(18-8-6-5-7-9-18)19(22)16-10-12-17(13-11-16)20(23)24-14-15(2)3/h5-13,15H,4,14H2,1-3H3. The van der Waals surface area contributed by atoms with E-state index in [0.717, 1.165) is 5.69 Å². The molecule has 2 rings (SSSR count). The van der Waals surface area contributed by atoms with Gasteiger partial charge in [-0.25, -0.2) is 4.79 Å². The number of benzene rings is 2. The number of carbonyl (C=O) groups excluding carboxylic acids is 2. The summed E-state index contributed by atoms with van der Waals surface area (Å²) in [5.41, 5.74) is 1.85. The Morgan fingerprint density at radius 2 is 1.54 bits per heavy atom. The van der Waals surface area contributed by atoms with Crippen molar-refractivity contribution in [1.82, 2.24) is 0 Å². The van der Waals surface area contributed by atoms with E-state index in [1.54, 1.807) is 29.2 Å². The summed E-state index contributed by atoms with van der Waals surface area (Å²) in [6, 6.07) is 16.1. The normalized spacial score (nSPS) is 10.5. The molecular weight excluding hydrogens is 302 g/mol. The number of esters is 1. The molecule has 2 aromatic rings. The summed E-state index contributed by atoms with van der Waals surface area (Å²) in [5.74, 6) is -0.164. The zero-order valence-electron chi connectivity index (χ0n) is 14.4. The van der Waals surface area contributed by atoms with Gasteiger partial charge in [-0.2, -0.15) is 0 Å². The Hall–Kier alpha value is -2.62. The van der Waals surface area contributed by atoms with Crippen LogP contribution in [0.25, 0.3) is 0 Å². The molecule has 4 heteroatoms. The molecule has 0 saturated heterocycles. The van der Waals surface area contributed by atoms with Crippen LogP contribution in [-0.2, 0) is 4.74 Å². The molecule has 0 heterocycles. The highest BCUT2D eigenvalue weighted by molar-refractivity contribution is 6.06. The number of nitrogens with zero attached hydrogens (tertiary/aromatic N) is 1. The van der Waals surface area contributed by atoms with E-state index in [1.165, 1.54) is 0 Å². The SMILES string of the molecule is CCN(C(=O)c1ccc(C(=O)OCC(C)C)cc1)c1ccccc1. The molecule has 0 aromatic heterocycles. The lowest BCUT2D eigenvalue weighted by Gasteiger charge is -2.21. The van der Waals surface area contributed by atoms with E-state index in [9.17, 15) is 9.59 Å². The minimum Gasteiger partial charge on any atom is -0.462 e. The largest absolute Gasteiger partial charge is 0.462 e. The Kier molecular flexibility index (Phi) is 6.13. The smallest absolute Gasteiger partial charge is 0.338 e. The van der Waals surface area contributed by atoms with Gasteiger partial charge in [0, 0.05) is 17.8 Å². The molecule has 126 valence electrons. The molecule has 24 heavy (non-hydrogen) atoms. The van der Waals surface area contributed by atoms with Gasteiger partial charge in [-0.3, -0.25) is 4.79 Å². The summed E-state index contributed by atoms with van der Waals surface area (Å²) in [6.07, 6.45) is 0. The van der Waals surface area contributed by atoms with E-state index in [0.29, 0.717) is 30.2 Å². The zero-order valence-corrected chi connectivity index (χ0v) is 14.4. The second kappa shape index (κ2) is 8.29. The summed E-state index contributed by atoms with van der Waals surface area (Å²) >= 11 is 0. The van der Waals surface area contributed by atoms with Gasteiger partial charge in [-0.05, 0) is 49.2 Å². The van der Waals surface area contributed by atoms with Crippen LogP contribution in [0.5, 0.6) is 0 Å². The number of carbonyl (C=O) groups is 2. The first-order valence-corrected chi connectivity index (χ1v) is 8.17. The molecular formula is C20H23NO3. The van der Waals surface area contributed by atoms with Crippen LogP contribution in [0.2, 0.25) is 0 Å². The Bertz CT molecular complexity index is 678. The van der Waals surface area contributed by atoms with Gasteiger partial charge >= 0.3 is 5.97 Å². The summed E-state index contributed by atoms with van der Waals surface area (Å²) in [7, 11) is 0. The van der Waals surface area contributed by atoms with Gasteiger partial charge in [0.1, 0.15) is 0 Å². The fraction of sp³-hybridized carbons (Fsp3) is 0.300. The van der Waals surface area contributed by atoms with Crippen LogP contribution < -0.4 is 4.90 Å². The first kappa shape index (κ1) is 17.7. The molecule has 0 aliphatic rings. The van der Waals surface area contributed by atoms with Crippen LogP contribution in [0.15, 0.2) is 54.6 Å². The number of ether oxygens (including phenoxy) is 1. The molecule has 0 bridgehead atoms. The van der Waals surface area contributed by atoms with Crippen molar-refractivity contribution >= 4 is 17.6 Å². The van der Waals surface area contributed by atoms with E-state index in [2.05, 4.69) is 0 Å². The highest BCUT2D eigenvalue weighted by Gasteiger charge is 2.16. The predicted octanol–water partition coefficient (Wildman–Crippen LogP) is 4.17. The van der Waals surface area contributed by atoms with Gasteiger partial charge in [-0.1, -0.05) is 32.0 Å². The number of hydrogen-bond donors (Lipinski definition) is 0. The molecule has 0 unspecified atom stereocenters. The molecule has 0 radical (unpaired) electrons. The molecule has 0 spiro atoms. The maximum atomic E-state index is 12.7. The molecule has 0 fully saturated rings. The average molecular weight is 325 g/mol. The predicted molar refractivity (Wildman–Crippen MR) is 95.4 cm³/mol. The average Bonchev–Trinajstić information content (AvgIpc) is 2.61. The molecule has 0 N–H and O–H groups in total. The van der Waals surface area contributed by atoms with Crippen LogP contribution in [0, 0.1) is 5.92 Å². The molecule has 0 aliphatic carbocycles. The van der Waals surface area contributed by atoms with Crippen LogP contribution in [-0.4, -0.2) is 25.0 Å². The first-order valence-electron chi connectivity index (χ1n) is 8.17.